The van der Waals surface area contributed by atoms with Crippen molar-refractivity contribution in [3.05, 3.63) is 0 Å². The summed E-state index contributed by atoms with van der Waals surface area (Å²) in [5.41, 5.74) is 0. The first-order chi connectivity index (χ1) is 7.70. The van der Waals surface area contributed by atoms with Crippen molar-refractivity contribution in [1.82, 2.24) is 0 Å². The second-order valence-electron chi connectivity index (χ2n) is 3.02. The fraction of sp³-hybridized carbons (Fsp3) is 0.600. The van der Waals surface area contributed by atoms with Crippen LogP contribution in [-0.2, 0) is 9.59 Å². The van der Waals surface area contributed by atoms with Crippen molar-refractivity contribution in [2.24, 2.45) is 9.98 Å². The SMILES string of the molecule is O=C=NCCC(=S)CCC(=S)CCN=C=O. The van der Waals surface area contributed by atoms with Gasteiger partial charge in [0.25, 0.3) is 0 Å². The average Bonchev–Trinajstić information content (AvgIpc) is 2.27. The van der Waals surface area contributed by atoms with Crippen molar-refractivity contribution in [2.75, 3.05) is 13.1 Å². The maximum absolute atomic E-state index is 9.80. The van der Waals surface area contributed by atoms with Crippen molar-refractivity contribution in [2.45, 2.75) is 25.7 Å². The van der Waals surface area contributed by atoms with Crippen molar-refractivity contribution in [3.63, 3.8) is 0 Å². The van der Waals surface area contributed by atoms with Crippen LogP contribution in [0.2, 0.25) is 0 Å². The molecule has 0 saturated carbocycles. The van der Waals surface area contributed by atoms with Gasteiger partial charge in [-0.2, -0.15) is 0 Å². The van der Waals surface area contributed by atoms with Crippen LogP contribution in [-0.4, -0.2) is 35.0 Å². The molecule has 0 N–H and O–H groups in total. The topological polar surface area (TPSA) is 58.9 Å². The second-order valence-corrected chi connectivity index (χ2v) is 4.18. The van der Waals surface area contributed by atoms with Gasteiger partial charge in [0.2, 0.25) is 12.2 Å². The monoisotopic (exact) mass is 256 g/mol. The lowest BCUT2D eigenvalue weighted by Gasteiger charge is -2.02. The Morgan fingerprint density at radius 3 is 1.50 bits per heavy atom. The molecule has 0 fully saturated rings. The Balaban J connectivity index is 3.62. The molecular formula is C10H12N2O2S2. The molecular weight excluding hydrogens is 244 g/mol. The summed E-state index contributed by atoms with van der Waals surface area (Å²) in [7, 11) is 0. The van der Waals surface area contributed by atoms with E-state index in [-0.39, 0.29) is 0 Å². The first-order valence-electron chi connectivity index (χ1n) is 4.81. The number of isocyanates is 2. The Hall–Kier alpha value is -1.06. The fourth-order valence-electron chi connectivity index (χ4n) is 0.981. The summed E-state index contributed by atoms with van der Waals surface area (Å²) in [5, 5.41) is 0. The highest BCUT2D eigenvalue weighted by atomic mass is 32.1. The van der Waals surface area contributed by atoms with Gasteiger partial charge < -0.3 is 0 Å². The van der Waals surface area contributed by atoms with Crippen LogP contribution >= 0.6 is 24.4 Å². The predicted molar refractivity (Wildman–Crippen MR) is 69.6 cm³/mol. The van der Waals surface area contributed by atoms with Crippen LogP contribution in [0, 0.1) is 0 Å². The van der Waals surface area contributed by atoms with E-state index < -0.39 is 0 Å². The molecule has 0 aromatic carbocycles. The Kier molecular flexibility index (Phi) is 9.76. The number of nitrogens with zero attached hydrogens (tertiary/aromatic N) is 2. The minimum absolute atomic E-state index is 0.393. The number of hydrogen-bond acceptors (Lipinski definition) is 6. The van der Waals surface area contributed by atoms with E-state index in [1.165, 1.54) is 12.2 Å². The molecule has 0 atom stereocenters. The summed E-state index contributed by atoms with van der Waals surface area (Å²) in [6.07, 6.45) is 5.58. The van der Waals surface area contributed by atoms with E-state index in [1.54, 1.807) is 0 Å². The van der Waals surface area contributed by atoms with E-state index >= 15 is 0 Å². The smallest absolute Gasteiger partial charge is 0.211 e. The highest BCUT2D eigenvalue weighted by molar-refractivity contribution is 7.80. The van der Waals surface area contributed by atoms with E-state index in [1.807, 2.05) is 0 Å². The third kappa shape index (κ3) is 9.49. The summed E-state index contributed by atoms with van der Waals surface area (Å²) in [6.45, 7) is 0.787. The van der Waals surface area contributed by atoms with E-state index in [0.717, 1.165) is 9.73 Å². The van der Waals surface area contributed by atoms with Gasteiger partial charge in [0.1, 0.15) is 0 Å². The molecule has 6 heteroatoms. The number of thiocarbonyl (C=S) groups is 2. The molecule has 4 nitrogen and oxygen atoms in total. The summed E-state index contributed by atoms with van der Waals surface area (Å²) < 4.78 is 0. The predicted octanol–water partition coefficient (Wildman–Crippen LogP) is 1.96. The Labute approximate surface area is 105 Å². The fourth-order valence-corrected chi connectivity index (χ4v) is 1.37. The summed E-state index contributed by atoms with van der Waals surface area (Å²) in [4.78, 5) is 28.1. The number of hydrogen-bond donors (Lipinski definition) is 0. The van der Waals surface area contributed by atoms with Crippen molar-refractivity contribution in [3.8, 4) is 0 Å². The van der Waals surface area contributed by atoms with Crippen LogP contribution in [0.5, 0.6) is 0 Å². The minimum Gasteiger partial charge on any atom is -0.211 e. The molecule has 86 valence electrons. The van der Waals surface area contributed by atoms with E-state index in [0.29, 0.717) is 38.8 Å². The Morgan fingerprint density at radius 1 is 0.812 bits per heavy atom. The minimum atomic E-state index is 0.393. The third-order valence-corrected chi connectivity index (χ3v) is 2.63. The summed E-state index contributed by atoms with van der Waals surface area (Å²) in [5.74, 6) is 0. The molecule has 0 heterocycles. The summed E-state index contributed by atoms with van der Waals surface area (Å²) >= 11 is 10.2. The van der Waals surface area contributed by atoms with Crippen LogP contribution in [0.1, 0.15) is 25.7 Å². The lowest BCUT2D eigenvalue weighted by molar-refractivity contribution is 0.562. The van der Waals surface area contributed by atoms with Gasteiger partial charge in [0.15, 0.2) is 0 Å². The summed E-state index contributed by atoms with van der Waals surface area (Å²) in [6, 6.07) is 0. The van der Waals surface area contributed by atoms with Gasteiger partial charge in [-0.05, 0) is 35.4 Å². The van der Waals surface area contributed by atoms with Crippen molar-refractivity contribution < 1.29 is 9.59 Å². The van der Waals surface area contributed by atoms with Crippen LogP contribution in [0.25, 0.3) is 0 Å². The first kappa shape index (κ1) is 14.9. The van der Waals surface area contributed by atoms with Gasteiger partial charge in [0.05, 0.1) is 13.1 Å². The van der Waals surface area contributed by atoms with Crippen LogP contribution in [0.15, 0.2) is 9.98 Å². The van der Waals surface area contributed by atoms with E-state index in [9.17, 15) is 9.59 Å². The Bertz CT molecular complexity index is 309. The van der Waals surface area contributed by atoms with Gasteiger partial charge in [-0.25, -0.2) is 19.6 Å². The maximum atomic E-state index is 9.80. The zero-order chi connectivity index (χ0) is 12.2. The van der Waals surface area contributed by atoms with Gasteiger partial charge in [-0.1, -0.05) is 24.4 Å². The molecule has 0 aliphatic heterocycles. The van der Waals surface area contributed by atoms with Gasteiger partial charge >= 0.3 is 0 Å². The average molecular weight is 256 g/mol. The largest absolute Gasteiger partial charge is 0.234 e. The highest BCUT2D eigenvalue weighted by Gasteiger charge is 2.01. The maximum Gasteiger partial charge on any atom is 0.234 e. The molecule has 0 rings (SSSR count). The Morgan fingerprint density at radius 2 is 1.19 bits per heavy atom. The molecule has 16 heavy (non-hydrogen) atoms. The van der Waals surface area contributed by atoms with E-state index in [2.05, 4.69) is 9.98 Å². The van der Waals surface area contributed by atoms with Gasteiger partial charge in [-0.15, -0.1) is 0 Å². The van der Waals surface area contributed by atoms with Crippen LogP contribution < -0.4 is 0 Å². The molecule has 0 radical (unpaired) electrons. The molecule has 0 aromatic rings. The van der Waals surface area contributed by atoms with E-state index in [4.69, 9.17) is 24.4 Å². The molecule has 0 unspecified atom stereocenters. The molecule has 0 aromatic heterocycles. The van der Waals surface area contributed by atoms with Crippen LogP contribution in [0.3, 0.4) is 0 Å². The third-order valence-electron chi connectivity index (χ3n) is 1.82. The van der Waals surface area contributed by atoms with Crippen molar-refractivity contribution >= 4 is 46.3 Å². The molecule has 0 aliphatic carbocycles. The van der Waals surface area contributed by atoms with Gasteiger partial charge in [0, 0.05) is 0 Å². The van der Waals surface area contributed by atoms with Crippen molar-refractivity contribution in [1.29, 1.82) is 0 Å². The normalized spacial score (nSPS) is 8.75. The quantitative estimate of drug-likeness (QED) is 0.359. The second kappa shape index (κ2) is 10.5. The molecule has 0 saturated heterocycles. The number of carbonyl (C=O) groups excluding carboxylic acids is 2. The lowest BCUT2D eigenvalue weighted by Crippen LogP contribution is -2.03. The standard InChI is InChI=1S/C10H12N2O2S2/c13-7-11-5-3-9(15)1-2-10(16)4-6-12-8-14/h1-6H2. The zero-order valence-electron chi connectivity index (χ0n) is 8.77. The number of rotatable bonds is 9. The van der Waals surface area contributed by atoms with Crippen LogP contribution in [0.4, 0.5) is 0 Å². The number of aliphatic imine (C=N–C) groups is 2. The highest BCUT2D eigenvalue weighted by Crippen LogP contribution is 2.03. The molecule has 0 spiro atoms. The first-order valence-corrected chi connectivity index (χ1v) is 5.63. The lowest BCUT2D eigenvalue weighted by atomic mass is 10.1. The molecule has 0 aliphatic rings. The molecule has 0 bridgehead atoms. The van der Waals surface area contributed by atoms with Gasteiger partial charge in [-0.3, -0.25) is 0 Å². The zero-order valence-corrected chi connectivity index (χ0v) is 10.4. The molecule has 0 amide bonds.